The standard InChI is InChI=1S/C21H31FN4O4/c1-30-20-17-14(9-16(22)18(20)26-8-5-13(10-24)11-26)19(27)15(21(28)29)12-25(17)7-4-2-3-6-23/h9,13,15H,2-8,10-12,23-24H2,1H3,(H,28,29)/t13-,15?/m0/s1. The molecule has 2 aliphatic heterocycles. The van der Waals surface area contributed by atoms with Crippen LogP contribution in [0.3, 0.4) is 0 Å². The summed E-state index contributed by atoms with van der Waals surface area (Å²) in [6.45, 7) is 2.95. The minimum atomic E-state index is -1.23. The second-order valence-corrected chi connectivity index (χ2v) is 8.02. The van der Waals surface area contributed by atoms with E-state index in [4.69, 9.17) is 16.2 Å². The number of unbranched alkanes of at least 4 members (excludes halogenated alkanes) is 2. The van der Waals surface area contributed by atoms with E-state index in [2.05, 4.69) is 0 Å². The number of ether oxygens (including phenoxy) is 1. The highest BCUT2D eigenvalue weighted by atomic mass is 19.1. The fourth-order valence-corrected chi connectivity index (χ4v) is 4.42. The van der Waals surface area contributed by atoms with Crippen LogP contribution in [0.1, 0.15) is 36.0 Å². The zero-order valence-electron chi connectivity index (χ0n) is 17.4. The molecule has 0 aliphatic carbocycles. The number of hydrogen-bond acceptors (Lipinski definition) is 7. The molecule has 1 fully saturated rings. The molecule has 0 saturated carbocycles. The Morgan fingerprint density at radius 2 is 2.03 bits per heavy atom. The molecule has 1 aromatic carbocycles. The highest BCUT2D eigenvalue weighted by molar-refractivity contribution is 6.14. The van der Waals surface area contributed by atoms with Crippen LogP contribution >= 0.6 is 0 Å². The first-order chi connectivity index (χ1) is 14.4. The molecular formula is C21H31FN4O4. The zero-order chi connectivity index (χ0) is 21.8. The Kier molecular flexibility index (Phi) is 7.14. The van der Waals surface area contributed by atoms with E-state index in [0.29, 0.717) is 49.8 Å². The smallest absolute Gasteiger partial charge is 0.316 e. The lowest BCUT2D eigenvalue weighted by Crippen LogP contribution is -2.44. The van der Waals surface area contributed by atoms with Gasteiger partial charge in [0.25, 0.3) is 0 Å². The molecule has 30 heavy (non-hydrogen) atoms. The maximum Gasteiger partial charge on any atom is 0.316 e. The molecule has 166 valence electrons. The fraction of sp³-hybridized carbons (Fsp3) is 0.619. The first-order valence-electron chi connectivity index (χ1n) is 10.5. The minimum absolute atomic E-state index is 0.0383. The number of carbonyl (C=O) groups excluding carboxylic acids is 1. The Morgan fingerprint density at radius 3 is 2.63 bits per heavy atom. The summed E-state index contributed by atoms with van der Waals surface area (Å²) in [4.78, 5) is 28.3. The molecule has 1 saturated heterocycles. The third-order valence-corrected chi connectivity index (χ3v) is 6.05. The van der Waals surface area contributed by atoms with Crippen molar-refractivity contribution >= 4 is 23.1 Å². The van der Waals surface area contributed by atoms with Crippen LogP contribution in [0.25, 0.3) is 0 Å². The van der Waals surface area contributed by atoms with E-state index in [-0.39, 0.29) is 18.0 Å². The average molecular weight is 423 g/mol. The molecule has 3 rings (SSSR count). The number of halogens is 1. The lowest BCUT2D eigenvalue weighted by molar-refractivity contribution is -0.139. The van der Waals surface area contributed by atoms with E-state index in [0.717, 1.165) is 25.7 Å². The van der Waals surface area contributed by atoms with Crippen molar-refractivity contribution in [2.45, 2.75) is 25.7 Å². The van der Waals surface area contributed by atoms with Crippen molar-refractivity contribution in [2.75, 3.05) is 56.2 Å². The summed E-state index contributed by atoms with van der Waals surface area (Å²) in [5.74, 6) is -3.03. The van der Waals surface area contributed by atoms with Crippen LogP contribution in [0.2, 0.25) is 0 Å². The Balaban J connectivity index is 2.05. The van der Waals surface area contributed by atoms with E-state index in [1.54, 1.807) is 0 Å². The second-order valence-electron chi connectivity index (χ2n) is 8.02. The van der Waals surface area contributed by atoms with Crippen LogP contribution in [0.15, 0.2) is 6.07 Å². The molecule has 9 heteroatoms. The lowest BCUT2D eigenvalue weighted by atomic mass is 9.89. The van der Waals surface area contributed by atoms with Crippen LogP contribution in [-0.4, -0.2) is 63.2 Å². The number of carbonyl (C=O) groups is 2. The number of nitrogens with two attached hydrogens (primary N) is 2. The number of methoxy groups -OCH3 is 1. The van der Waals surface area contributed by atoms with Crippen molar-refractivity contribution in [3.63, 3.8) is 0 Å². The Labute approximate surface area is 175 Å². The average Bonchev–Trinajstić information content (AvgIpc) is 3.20. The van der Waals surface area contributed by atoms with E-state index < -0.39 is 23.5 Å². The number of rotatable bonds is 9. The highest BCUT2D eigenvalue weighted by Crippen LogP contribution is 2.47. The maximum atomic E-state index is 15.2. The number of carboxylic acid groups (broad SMARTS) is 1. The Hall–Kier alpha value is -2.39. The monoisotopic (exact) mass is 422 g/mol. The molecule has 1 unspecified atom stereocenters. The van der Waals surface area contributed by atoms with Gasteiger partial charge < -0.3 is 31.1 Å². The van der Waals surface area contributed by atoms with Gasteiger partial charge in [-0.05, 0) is 44.3 Å². The van der Waals surface area contributed by atoms with Crippen molar-refractivity contribution in [1.29, 1.82) is 0 Å². The summed E-state index contributed by atoms with van der Waals surface area (Å²) in [6.07, 6.45) is 3.39. The quantitative estimate of drug-likeness (QED) is 0.404. The van der Waals surface area contributed by atoms with Gasteiger partial charge in [0.1, 0.15) is 11.6 Å². The Morgan fingerprint density at radius 1 is 1.27 bits per heavy atom. The third-order valence-electron chi connectivity index (χ3n) is 6.05. The molecular weight excluding hydrogens is 391 g/mol. The van der Waals surface area contributed by atoms with Gasteiger partial charge >= 0.3 is 5.97 Å². The molecule has 5 N–H and O–H groups in total. The van der Waals surface area contributed by atoms with Crippen molar-refractivity contribution < 1.29 is 23.8 Å². The molecule has 0 spiro atoms. The molecule has 2 atom stereocenters. The predicted molar refractivity (Wildman–Crippen MR) is 113 cm³/mol. The van der Waals surface area contributed by atoms with Crippen LogP contribution in [0.4, 0.5) is 15.8 Å². The van der Waals surface area contributed by atoms with Gasteiger partial charge in [0, 0.05) is 31.7 Å². The van der Waals surface area contributed by atoms with E-state index in [9.17, 15) is 14.7 Å². The maximum absolute atomic E-state index is 15.2. The highest BCUT2D eigenvalue weighted by Gasteiger charge is 2.41. The number of fused-ring (bicyclic) bond motifs is 1. The lowest BCUT2D eigenvalue weighted by Gasteiger charge is -2.36. The van der Waals surface area contributed by atoms with Crippen molar-refractivity contribution in [1.82, 2.24) is 0 Å². The number of ketones is 1. The van der Waals surface area contributed by atoms with Crippen molar-refractivity contribution in [2.24, 2.45) is 23.3 Å². The third kappa shape index (κ3) is 4.22. The molecule has 0 bridgehead atoms. The molecule has 0 aromatic heterocycles. The van der Waals surface area contributed by atoms with Gasteiger partial charge in [0.15, 0.2) is 17.3 Å². The minimum Gasteiger partial charge on any atom is -0.492 e. The van der Waals surface area contributed by atoms with Gasteiger partial charge in [0.05, 0.1) is 12.8 Å². The molecule has 8 nitrogen and oxygen atoms in total. The van der Waals surface area contributed by atoms with Gasteiger partial charge in [-0.1, -0.05) is 6.42 Å². The topological polar surface area (TPSA) is 122 Å². The summed E-state index contributed by atoms with van der Waals surface area (Å²) in [7, 11) is 1.45. The number of hydrogen-bond donors (Lipinski definition) is 3. The summed E-state index contributed by atoms with van der Waals surface area (Å²) < 4.78 is 20.8. The molecule has 0 amide bonds. The van der Waals surface area contributed by atoms with Gasteiger partial charge in [0.2, 0.25) is 0 Å². The first-order valence-corrected chi connectivity index (χ1v) is 10.5. The fourth-order valence-electron chi connectivity index (χ4n) is 4.42. The number of nitrogens with zero attached hydrogens (tertiary/aromatic N) is 2. The van der Waals surface area contributed by atoms with Crippen molar-refractivity contribution in [3.8, 4) is 5.75 Å². The largest absolute Gasteiger partial charge is 0.492 e. The van der Waals surface area contributed by atoms with Gasteiger partial charge in [-0.2, -0.15) is 0 Å². The van der Waals surface area contributed by atoms with Crippen molar-refractivity contribution in [3.05, 3.63) is 17.4 Å². The molecule has 2 aliphatic rings. The number of anilines is 2. The molecule has 0 radical (unpaired) electrons. The van der Waals surface area contributed by atoms with Crippen LogP contribution in [-0.2, 0) is 4.79 Å². The van der Waals surface area contributed by atoms with Gasteiger partial charge in [-0.15, -0.1) is 0 Å². The first kappa shape index (κ1) is 22.3. The predicted octanol–water partition coefficient (Wildman–Crippen LogP) is 1.45. The SMILES string of the molecule is COc1c(N2CC[C@@H](CN)C2)c(F)cc2c1N(CCCCCN)CC(C(=O)O)C2=O. The van der Waals surface area contributed by atoms with E-state index in [1.165, 1.54) is 13.2 Å². The summed E-state index contributed by atoms with van der Waals surface area (Å²) >= 11 is 0. The normalized spacial score (nSPS) is 21.1. The summed E-state index contributed by atoms with van der Waals surface area (Å²) in [5, 5.41) is 9.53. The molecule has 2 heterocycles. The Bertz CT molecular complexity index is 804. The number of carboxylic acids is 1. The van der Waals surface area contributed by atoms with Crippen LogP contribution in [0.5, 0.6) is 5.75 Å². The van der Waals surface area contributed by atoms with Crippen LogP contribution in [0, 0.1) is 17.7 Å². The second kappa shape index (κ2) is 9.61. The van der Waals surface area contributed by atoms with Gasteiger partial charge in [-0.3, -0.25) is 9.59 Å². The summed E-state index contributed by atoms with van der Waals surface area (Å²) in [5.41, 5.74) is 12.2. The molecule has 1 aromatic rings. The summed E-state index contributed by atoms with van der Waals surface area (Å²) in [6, 6.07) is 1.17. The number of Topliss-reactive ketones (excluding diaryl/α,β-unsaturated/α-hetero) is 1. The number of aliphatic carboxylic acids is 1. The van der Waals surface area contributed by atoms with Crippen LogP contribution < -0.4 is 26.0 Å². The zero-order valence-corrected chi connectivity index (χ0v) is 17.4. The van der Waals surface area contributed by atoms with Gasteiger partial charge in [-0.25, -0.2) is 4.39 Å². The van der Waals surface area contributed by atoms with E-state index >= 15 is 4.39 Å². The van der Waals surface area contributed by atoms with E-state index in [1.807, 2.05) is 9.80 Å². The number of benzene rings is 1.